The molecule has 0 spiro atoms. The SMILES string of the molecule is COC(=O)[C@H](NC(C)=O)[C@@H](C)c1ccc(C(F)(F)F)cc1. The number of hydrogen-bond acceptors (Lipinski definition) is 3. The highest BCUT2D eigenvalue weighted by molar-refractivity contribution is 5.84. The molecule has 0 heterocycles. The second kappa shape index (κ2) is 6.60. The summed E-state index contributed by atoms with van der Waals surface area (Å²) in [6.45, 7) is 2.87. The number of amides is 1. The number of halogens is 3. The maximum absolute atomic E-state index is 12.5. The van der Waals surface area contributed by atoms with Gasteiger partial charge in [-0.1, -0.05) is 19.1 Å². The van der Waals surface area contributed by atoms with Crippen molar-refractivity contribution in [2.24, 2.45) is 0 Å². The molecule has 1 aromatic rings. The fourth-order valence-electron chi connectivity index (χ4n) is 1.90. The predicted molar refractivity (Wildman–Crippen MR) is 69.5 cm³/mol. The summed E-state index contributed by atoms with van der Waals surface area (Å²) in [7, 11) is 1.18. The lowest BCUT2D eigenvalue weighted by Gasteiger charge is -2.23. The molecular weight excluding hydrogens is 287 g/mol. The molecule has 0 aliphatic heterocycles. The minimum Gasteiger partial charge on any atom is -0.467 e. The van der Waals surface area contributed by atoms with Crippen LogP contribution in [0.4, 0.5) is 13.2 Å². The first-order valence-electron chi connectivity index (χ1n) is 6.19. The molecule has 7 heteroatoms. The van der Waals surface area contributed by atoms with Crippen LogP contribution in [0.1, 0.15) is 30.9 Å². The number of nitrogens with one attached hydrogen (secondary N) is 1. The molecule has 1 amide bonds. The van der Waals surface area contributed by atoms with Gasteiger partial charge in [-0.2, -0.15) is 13.2 Å². The molecule has 0 saturated heterocycles. The predicted octanol–water partition coefficient (Wildman–Crippen LogP) is 2.49. The molecular formula is C14H16F3NO3. The Morgan fingerprint density at radius 2 is 1.71 bits per heavy atom. The van der Waals surface area contributed by atoms with Gasteiger partial charge in [0.15, 0.2) is 0 Å². The number of ether oxygens (including phenoxy) is 1. The van der Waals surface area contributed by atoms with Crippen molar-refractivity contribution in [2.45, 2.75) is 32.0 Å². The van der Waals surface area contributed by atoms with Crippen LogP contribution in [-0.2, 0) is 20.5 Å². The van der Waals surface area contributed by atoms with Crippen LogP contribution in [0.2, 0.25) is 0 Å². The molecule has 0 aromatic heterocycles. The van der Waals surface area contributed by atoms with E-state index in [1.807, 2.05) is 0 Å². The average molecular weight is 303 g/mol. The van der Waals surface area contributed by atoms with Crippen molar-refractivity contribution in [2.75, 3.05) is 7.11 Å². The Balaban J connectivity index is 3.00. The number of esters is 1. The molecule has 0 radical (unpaired) electrons. The molecule has 0 saturated carbocycles. The summed E-state index contributed by atoms with van der Waals surface area (Å²) < 4.78 is 42.1. The van der Waals surface area contributed by atoms with Crippen molar-refractivity contribution in [3.8, 4) is 0 Å². The van der Waals surface area contributed by atoms with E-state index in [0.29, 0.717) is 5.56 Å². The first-order valence-corrected chi connectivity index (χ1v) is 6.19. The standard InChI is InChI=1S/C14H16F3NO3/c1-8(12(13(20)21-3)18-9(2)19)10-4-6-11(7-5-10)14(15,16)17/h4-8,12H,1-3H3,(H,18,19)/t8-,12+/m0/s1. The highest BCUT2D eigenvalue weighted by Crippen LogP contribution is 2.30. The van der Waals surface area contributed by atoms with Gasteiger partial charge < -0.3 is 10.1 Å². The Labute approximate surface area is 120 Å². The van der Waals surface area contributed by atoms with Crippen LogP contribution in [0.3, 0.4) is 0 Å². The van der Waals surface area contributed by atoms with E-state index in [1.165, 1.54) is 26.2 Å². The molecule has 116 valence electrons. The maximum atomic E-state index is 12.5. The average Bonchev–Trinajstić information content (AvgIpc) is 2.42. The topological polar surface area (TPSA) is 55.4 Å². The van der Waals surface area contributed by atoms with Gasteiger partial charge in [-0.3, -0.25) is 4.79 Å². The minimum absolute atomic E-state index is 0.427. The van der Waals surface area contributed by atoms with Crippen LogP contribution in [0.25, 0.3) is 0 Å². The van der Waals surface area contributed by atoms with E-state index in [-0.39, 0.29) is 0 Å². The Kier molecular flexibility index (Phi) is 5.34. The van der Waals surface area contributed by atoms with Crippen LogP contribution in [0.5, 0.6) is 0 Å². The molecule has 2 atom stereocenters. The molecule has 1 N–H and O–H groups in total. The van der Waals surface area contributed by atoms with Crippen molar-refractivity contribution in [1.82, 2.24) is 5.32 Å². The summed E-state index contributed by atoms with van der Waals surface area (Å²) in [5.74, 6) is -1.61. The van der Waals surface area contributed by atoms with Crippen LogP contribution in [0.15, 0.2) is 24.3 Å². The van der Waals surface area contributed by atoms with Crippen LogP contribution >= 0.6 is 0 Å². The van der Waals surface area contributed by atoms with E-state index in [9.17, 15) is 22.8 Å². The third-order valence-electron chi connectivity index (χ3n) is 3.08. The second-order valence-electron chi connectivity index (χ2n) is 4.61. The van der Waals surface area contributed by atoms with Gasteiger partial charge in [-0.05, 0) is 17.7 Å². The van der Waals surface area contributed by atoms with E-state index >= 15 is 0 Å². The van der Waals surface area contributed by atoms with E-state index in [4.69, 9.17) is 0 Å². The lowest BCUT2D eigenvalue weighted by molar-refractivity contribution is -0.145. The van der Waals surface area contributed by atoms with E-state index < -0.39 is 35.6 Å². The quantitative estimate of drug-likeness (QED) is 0.869. The number of rotatable bonds is 4. The van der Waals surface area contributed by atoms with Crippen molar-refractivity contribution < 1.29 is 27.5 Å². The zero-order chi connectivity index (χ0) is 16.2. The van der Waals surface area contributed by atoms with Gasteiger partial charge in [0.1, 0.15) is 6.04 Å². The fourth-order valence-corrected chi connectivity index (χ4v) is 1.90. The van der Waals surface area contributed by atoms with Crippen LogP contribution in [0, 0.1) is 0 Å². The van der Waals surface area contributed by atoms with Crippen molar-refractivity contribution in [1.29, 1.82) is 0 Å². The minimum atomic E-state index is -4.42. The van der Waals surface area contributed by atoms with E-state index in [1.54, 1.807) is 6.92 Å². The lowest BCUT2D eigenvalue weighted by atomic mass is 9.92. The van der Waals surface area contributed by atoms with Gasteiger partial charge in [-0.25, -0.2) is 4.79 Å². The fraction of sp³-hybridized carbons (Fsp3) is 0.429. The smallest absolute Gasteiger partial charge is 0.416 e. The number of alkyl halides is 3. The Morgan fingerprint density at radius 1 is 1.19 bits per heavy atom. The van der Waals surface area contributed by atoms with Gasteiger partial charge in [0.05, 0.1) is 12.7 Å². The van der Waals surface area contributed by atoms with Gasteiger partial charge in [0.25, 0.3) is 0 Å². The number of carbonyl (C=O) groups excluding carboxylic acids is 2. The van der Waals surface area contributed by atoms with E-state index in [0.717, 1.165) is 12.1 Å². The number of hydrogen-bond donors (Lipinski definition) is 1. The van der Waals surface area contributed by atoms with Crippen molar-refractivity contribution in [3.63, 3.8) is 0 Å². The third-order valence-corrected chi connectivity index (χ3v) is 3.08. The van der Waals surface area contributed by atoms with Crippen molar-refractivity contribution in [3.05, 3.63) is 35.4 Å². The van der Waals surface area contributed by atoms with Crippen molar-refractivity contribution >= 4 is 11.9 Å². The first kappa shape index (κ1) is 17.0. The zero-order valence-corrected chi connectivity index (χ0v) is 11.8. The summed E-state index contributed by atoms with van der Waals surface area (Å²) in [6.07, 6.45) is -4.42. The zero-order valence-electron chi connectivity index (χ0n) is 11.8. The van der Waals surface area contributed by atoms with Gasteiger partial charge >= 0.3 is 12.1 Å². The molecule has 1 rings (SSSR count). The third kappa shape index (κ3) is 4.47. The molecule has 0 aliphatic rings. The van der Waals surface area contributed by atoms with Gasteiger partial charge in [0.2, 0.25) is 5.91 Å². The van der Waals surface area contributed by atoms with E-state index in [2.05, 4.69) is 10.1 Å². The Bertz CT molecular complexity index is 511. The summed E-state index contributed by atoms with van der Waals surface area (Å²) in [4.78, 5) is 22.8. The lowest BCUT2D eigenvalue weighted by Crippen LogP contribution is -2.43. The Hall–Kier alpha value is -2.05. The first-order chi connectivity index (χ1) is 9.66. The molecule has 4 nitrogen and oxygen atoms in total. The molecule has 21 heavy (non-hydrogen) atoms. The summed E-state index contributed by atoms with van der Waals surface area (Å²) in [6, 6.07) is 3.49. The highest BCUT2D eigenvalue weighted by Gasteiger charge is 2.32. The number of benzene rings is 1. The normalized spacial score (nSPS) is 14.2. The number of carbonyl (C=O) groups is 2. The summed E-state index contributed by atoms with van der Waals surface area (Å²) in [5.41, 5.74) is -0.278. The monoisotopic (exact) mass is 303 g/mol. The largest absolute Gasteiger partial charge is 0.467 e. The maximum Gasteiger partial charge on any atom is 0.416 e. The van der Waals surface area contributed by atoms with Crippen LogP contribution in [-0.4, -0.2) is 25.0 Å². The van der Waals surface area contributed by atoms with Gasteiger partial charge in [-0.15, -0.1) is 0 Å². The molecule has 0 unspecified atom stereocenters. The molecule has 1 aromatic carbocycles. The Morgan fingerprint density at radius 3 is 2.10 bits per heavy atom. The number of methoxy groups -OCH3 is 1. The highest BCUT2D eigenvalue weighted by atomic mass is 19.4. The molecule has 0 fully saturated rings. The molecule has 0 bridgehead atoms. The van der Waals surface area contributed by atoms with Crippen LogP contribution < -0.4 is 5.32 Å². The van der Waals surface area contributed by atoms with Gasteiger partial charge in [0, 0.05) is 12.8 Å². The summed E-state index contributed by atoms with van der Waals surface area (Å²) >= 11 is 0. The second-order valence-corrected chi connectivity index (χ2v) is 4.61. The molecule has 0 aliphatic carbocycles. The summed E-state index contributed by atoms with van der Waals surface area (Å²) in [5, 5.41) is 2.44.